The first-order valence-corrected chi connectivity index (χ1v) is 6.63. The summed E-state index contributed by atoms with van der Waals surface area (Å²) in [7, 11) is 0. The number of hydrogen-bond acceptors (Lipinski definition) is 2. The highest BCUT2D eigenvalue weighted by molar-refractivity contribution is 9.10. The molecule has 6 heteroatoms. The maximum Gasteiger partial charge on any atom is 0.416 e. The normalized spacial score (nSPS) is 11.5. The monoisotopic (exact) mass is 344 g/mol. The van der Waals surface area contributed by atoms with Crippen LogP contribution in [0.5, 0.6) is 0 Å². The summed E-state index contributed by atoms with van der Waals surface area (Å²) in [5.74, 6) is 0.502. The Balaban J connectivity index is 2.32. The number of nitrogens with one attached hydrogen (secondary N) is 1. The quantitative estimate of drug-likeness (QED) is 0.807. The summed E-state index contributed by atoms with van der Waals surface area (Å²) in [6, 6.07) is 5.89. The van der Waals surface area contributed by atoms with Crippen molar-refractivity contribution in [3.63, 3.8) is 0 Å². The van der Waals surface area contributed by atoms with Crippen molar-refractivity contribution in [1.29, 1.82) is 0 Å². The van der Waals surface area contributed by atoms with Crippen LogP contribution in [0.2, 0.25) is 0 Å². The molecule has 0 spiro atoms. The van der Waals surface area contributed by atoms with E-state index in [0.29, 0.717) is 11.5 Å². The molecular formula is C14H12BrF3N2. The average molecular weight is 345 g/mol. The van der Waals surface area contributed by atoms with Crippen LogP contribution >= 0.6 is 15.9 Å². The van der Waals surface area contributed by atoms with Gasteiger partial charge in [0, 0.05) is 16.4 Å². The third-order valence-electron chi connectivity index (χ3n) is 2.86. The molecule has 2 rings (SSSR count). The summed E-state index contributed by atoms with van der Waals surface area (Å²) in [6.45, 7) is 3.32. The lowest BCUT2D eigenvalue weighted by molar-refractivity contribution is -0.138. The highest BCUT2D eigenvalue weighted by atomic mass is 79.9. The van der Waals surface area contributed by atoms with Gasteiger partial charge < -0.3 is 5.32 Å². The van der Waals surface area contributed by atoms with Crippen molar-refractivity contribution in [2.75, 3.05) is 5.32 Å². The third kappa shape index (κ3) is 3.30. The van der Waals surface area contributed by atoms with Gasteiger partial charge in [-0.3, -0.25) is 0 Å². The van der Waals surface area contributed by atoms with E-state index in [9.17, 15) is 13.2 Å². The van der Waals surface area contributed by atoms with Crippen LogP contribution < -0.4 is 5.32 Å². The van der Waals surface area contributed by atoms with Crippen LogP contribution in [0.25, 0.3) is 0 Å². The number of aromatic nitrogens is 1. The van der Waals surface area contributed by atoms with Crippen LogP contribution in [0.4, 0.5) is 24.7 Å². The summed E-state index contributed by atoms with van der Waals surface area (Å²) < 4.78 is 39.4. The lowest BCUT2D eigenvalue weighted by Crippen LogP contribution is -2.08. The molecule has 1 aromatic heterocycles. The van der Waals surface area contributed by atoms with E-state index in [2.05, 4.69) is 26.2 Å². The minimum Gasteiger partial charge on any atom is -0.340 e. The molecule has 0 aliphatic rings. The van der Waals surface area contributed by atoms with Crippen molar-refractivity contribution in [3.05, 3.63) is 51.6 Å². The van der Waals surface area contributed by atoms with Gasteiger partial charge in [-0.25, -0.2) is 4.98 Å². The van der Waals surface area contributed by atoms with Gasteiger partial charge in [-0.15, -0.1) is 0 Å². The van der Waals surface area contributed by atoms with Crippen LogP contribution in [0.1, 0.15) is 16.7 Å². The van der Waals surface area contributed by atoms with E-state index in [1.165, 1.54) is 13.0 Å². The molecule has 0 bridgehead atoms. The Kier molecular flexibility index (Phi) is 4.04. The minimum atomic E-state index is -4.36. The van der Waals surface area contributed by atoms with Gasteiger partial charge in [-0.2, -0.15) is 13.2 Å². The van der Waals surface area contributed by atoms with E-state index in [0.717, 1.165) is 16.1 Å². The highest BCUT2D eigenvalue weighted by Crippen LogP contribution is 2.34. The Morgan fingerprint density at radius 1 is 1.10 bits per heavy atom. The molecule has 0 fully saturated rings. The van der Waals surface area contributed by atoms with Gasteiger partial charge in [-0.05, 0) is 59.1 Å². The van der Waals surface area contributed by atoms with E-state index in [1.807, 2.05) is 6.92 Å². The summed E-state index contributed by atoms with van der Waals surface area (Å²) >= 11 is 3.32. The molecule has 0 unspecified atom stereocenters. The fourth-order valence-corrected chi connectivity index (χ4v) is 1.98. The van der Waals surface area contributed by atoms with E-state index < -0.39 is 11.7 Å². The van der Waals surface area contributed by atoms with Crippen LogP contribution in [0.15, 0.2) is 34.9 Å². The van der Waals surface area contributed by atoms with Crippen LogP contribution in [0.3, 0.4) is 0 Å². The fourth-order valence-electron chi connectivity index (χ4n) is 1.76. The summed E-state index contributed by atoms with van der Waals surface area (Å²) in [5, 5.41) is 2.88. The molecule has 1 heterocycles. The van der Waals surface area contributed by atoms with Gasteiger partial charge in [0.2, 0.25) is 0 Å². The predicted molar refractivity (Wildman–Crippen MR) is 76.1 cm³/mol. The van der Waals surface area contributed by atoms with Gasteiger partial charge in [0.15, 0.2) is 0 Å². The summed E-state index contributed by atoms with van der Waals surface area (Å²) in [4.78, 5) is 4.11. The van der Waals surface area contributed by atoms with Crippen molar-refractivity contribution in [2.24, 2.45) is 0 Å². The van der Waals surface area contributed by atoms with Gasteiger partial charge in [0.05, 0.1) is 5.56 Å². The first kappa shape index (κ1) is 14.8. The molecule has 2 aromatic rings. The van der Waals surface area contributed by atoms with Crippen molar-refractivity contribution >= 4 is 27.4 Å². The second-order valence-electron chi connectivity index (χ2n) is 4.47. The maximum atomic E-state index is 12.8. The van der Waals surface area contributed by atoms with Gasteiger partial charge in [0.1, 0.15) is 5.82 Å². The number of hydrogen-bond donors (Lipinski definition) is 1. The van der Waals surface area contributed by atoms with Gasteiger partial charge in [-0.1, -0.05) is 6.07 Å². The molecule has 0 aliphatic heterocycles. The topological polar surface area (TPSA) is 24.9 Å². The van der Waals surface area contributed by atoms with Crippen molar-refractivity contribution in [3.8, 4) is 0 Å². The molecule has 0 saturated heterocycles. The average Bonchev–Trinajstić information content (AvgIpc) is 2.35. The molecule has 0 aliphatic carbocycles. The standard InChI is InChI=1S/C14H12BrF3N2/c1-8-3-4-10(6-11(8)14(16,17)18)20-13-5-9(2)12(15)7-19-13/h3-7H,1-2H3,(H,19,20). The molecule has 0 atom stereocenters. The number of rotatable bonds is 2. The Hall–Kier alpha value is -1.56. The lowest BCUT2D eigenvalue weighted by Gasteiger charge is -2.13. The zero-order valence-corrected chi connectivity index (χ0v) is 12.4. The molecule has 2 nitrogen and oxygen atoms in total. The Morgan fingerprint density at radius 2 is 1.80 bits per heavy atom. The molecule has 20 heavy (non-hydrogen) atoms. The second kappa shape index (κ2) is 5.44. The first-order valence-electron chi connectivity index (χ1n) is 5.84. The highest BCUT2D eigenvalue weighted by Gasteiger charge is 2.32. The zero-order valence-electron chi connectivity index (χ0n) is 10.8. The largest absolute Gasteiger partial charge is 0.416 e. The van der Waals surface area contributed by atoms with E-state index in [-0.39, 0.29) is 5.56 Å². The van der Waals surface area contributed by atoms with E-state index in [1.54, 1.807) is 18.3 Å². The Labute approximate surface area is 123 Å². The molecule has 1 N–H and O–H groups in total. The Morgan fingerprint density at radius 3 is 2.40 bits per heavy atom. The SMILES string of the molecule is Cc1cc(Nc2ccc(C)c(C(F)(F)F)c2)ncc1Br. The number of alkyl halides is 3. The number of anilines is 2. The first-order chi connectivity index (χ1) is 9.27. The summed E-state index contributed by atoms with van der Waals surface area (Å²) in [6.07, 6.45) is -2.75. The number of aryl methyl sites for hydroxylation is 2. The van der Waals surface area contributed by atoms with Gasteiger partial charge in [0.25, 0.3) is 0 Å². The molecule has 0 radical (unpaired) electrons. The molecule has 1 aromatic carbocycles. The predicted octanol–water partition coefficient (Wildman–Crippen LogP) is 5.22. The summed E-state index contributed by atoms with van der Waals surface area (Å²) in [5.41, 5.74) is 0.863. The number of benzene rings is 1. The molecule has 0 amide bonds. The number of pyridine rings is 1. The third-order valence-corrected chi connectivity index (χ3v) is 3.69. The second-order valence-corrected chi connectivity index (χ2v) is 5.33. The molecular weight excluding hydrogens is 333 g/mol. The van der Waals surface area contributed by atoms with Crippen molar-refractivity contribution in [1.82, 2.24) is 4.98 Å². The van der Waals surface area contributed by atoms with Crippen LogP contribution in [-0.4, -0.2) is 4.98 Å². The molecule has 0 saturated carbocycles. The van der Waals surface area contributed by atoms with E-state index >= 15 is 0 Å². The zero-order chi connectivity index (χ0) is 14.9. The Bertz CT molecular complexity index is 639. The minimum absolute atomic E-state index is 0.197. The lowest BCUT2D eigenvalue weighted by atomic mass is 10.1. The maximum absolute atomic E-state index is 12.8. The van der Waals surface area contributed by atoms with E-state index in [4.69, 9.17) is 0 Å². The smallest absolute Gasteiger partial charge is 0.340 e. The van der Waals surface area contributed by atoms with Crippen molar-refractivity contribution in [2.45, 2.75) is 20.0 Å². The molecule has 106 valence electrons. The van der Waals surface area contributed by atoms with Crippen molar-refractivity contribution < 1.29 is 13.2 Å². The van der Waals surface area contributed by atoms with Crippen LogP contribution in [-0.2, 0) is 6.18 Å². The van der Waals surface area contributed by atoms with Crippen LogP contribution in [0, 0.1) is 13.8 Å². The van der Waals surface area contributed by atoms with Gasteiger partial charge >= 0.3 is 6.18 Å². The number of nitrogens with zero attached hydrogens (tertiary/aromatic N) is 1. The number of halogens is 4. The fraction of sp³-hybridized carbons (Fsp3) is 0.214.